The van der Waals surface area contributed by atoms with Gasteiger partial charge in [-0.15, -0.1) is 11.6 Å². The molecule has 1 rings (SSSR count). The number of halogens is 5. The summed E-state index contributed by atoms with van der Waals surface area (Å²) in [6, 6.07) is 2.41. The summed E-state index contributed by atoms with van der Waals surface area (Å²) in [5.41, 5.74) is 0.269. The van der Waals surface area contributed by atoms with Crippen LogP contribution < -0.4 is 4.74 Å². The van der Waals surface area contributed by atoms with Gasteiger partial charge in [-0.2, -0.15) is 17.5 Å². The van der Waals surface area contributed by atoms with E-state index in [4.69, 9.17) is 27.9 Å². The molecule has 0 saturated heterocycles. The lowest BCUT2D eigenvalue weighted by Crippen LogP contribution is -2.36. The van der Waals surface area contributed by atoms with Crippen LogP contribution in [0.5, 0.6) is 5.75 Å². The van der Waals surface area contributed by atoms with Crippen molar-refractivity contribution in [2.45, 2.75) is 17.0 Å². The predicted molar refractivity (Wildman–Crippen MR) is 73.4 cm³/mol. The van der Waals surface area contributed by atoms with Crippen molar-refractivity contribution in [2.75, 3.05) is 20.7 Å². The fraction of sp³-hybridized carbons (Fsp3) is 0.455. The maximum absolute atomic E-state index is 12.4. The van der Waals surface area contributed by atoms with Crippen LogP contribution in [0.4, 0.5) is 13.2 Å². The molecule has 0 atom stereocenters. The van der Waals surface area contributed by atoms with Gasteiger partial charge < -0.3 is 4.74 Å². The molecule has 0 N–H and O–H groups in total. The Labute approximate surface area is 130 Å². The first-order valence-corrected chi connectivity index (χ1v) is 7.83. The molecule has 0 aliphatic rings. The maximum Gasteiger partial charge on any atom is 0.402 e. The molecule has 4 nitrogen and oxygen atoms in total. The molecule has 0 aliphatic carbocycles. The van der Waals surface area contributed by atoms with Crippen LogP contribution in [0.1, 0.15) is 5.56 Å². The van der Waals surface area contributed by atoms with Crippen molar-refractivity contribution < 1.29 is 26.3 Å². The number of nitrogens with zero attached hydrogens (tertiary/aromatic N) is 1. The van der Waals surface area contributed by atoms with Crippen LogP contribution >= 0.6 is 23.2 Å². The van der Waals surface area contributed by atoms with E-state index in [2.05, 4.69) is 0 Å². The first-order valence-electron chi connectivity index (χ1n) is 5.48. The molecular weight excluding hydrogens is 354 g/mol. The summed E-state index contributed by atoms with van der Waals surface area (Å²) in [5, 5.41) is 0.0328. The summed E-state index contributed by atoms with van der Waals surface area (Å²) in [4.78, 5) is -0.458. The number of rotatable bonds is 5. The monoisotopic (exact) mass is 365 g/mol. The van der Waals surface area contributed by atoms with Gasteiger partial charge in [-0.25, -0.2) is 8.42 Å². The number of sulfonamides is 1. The maximum atomic E-state index is 12.4. The number of alkyl halides is 4. The molecule has 0 fully saturated rings. The fourth-order valence-electron chi connectivity index (χ4n) is 1.65. The minimum atomic E-state index is -4.66. The van der Waals surface area contributed by atoms with E-state index in [9.17, 15) is 21.6 Å². The van der Waals surface area contributed by atoms with Crippen LogP contribution in [0.2, 0.25) is 5.02 Å². The molecule has 0 amide bonds. The topological polar surface area (TPSA) is 46.6 Å². The smallest absolute Gasteiger partial charge is 0.402 e. The van der Waals surface area contributed by atoms with Crippen LogP contribution in [0.25, 0.3) is 0 Å². The molecule has 0 saturated carbocycles. The Kier molecular flexibility index (Phi) is 5.76. The van der Waals surface area contributed by atoms with Crippen molar-refractivity contribution in [3.63, 3.8) is 0 Å². The van der Waals surface area contributed by atoms with Crippen LogP contribution in [-0.2, 0) is 15.9 Å². The van der Waals surface area contributed by atoms with Crippen LogP contribution in [0.15, 0.2) is 17.0 Å². The third kappa shape index (κ3) is 4.38. The molecule has 10 heteroatoms. The average Bonchev–Trinajstić information content (AvgIpc) is 2.35. The Morgan fingerprint density at radius 2 is 1.90 bits per heavy atom. The number of benzene rings is 1. The number of ether oxygens (including phenoxy) is 1. The summed E-state index contributed by atoms with van der Waals surface area (Å²) in [5.74, 6) is -0.224. The summed E-state index contributed by atoms with van der Waals surface area (Å²) in [7, 11) is -2.41. The van der Waals surface area contributed by atoms with Crippen LogP contribution in [0.3, 0.4) is 0 Å². The summed E-state index contributed by atoms with van der Waals surface area (Å²) < 4.78 is 66.8. The third-order valence-electron chi connectivity index (χ3n) is 2.53. The van der Waals surface area contributed by atoms with Crippen LogP contribution in [0, 0.1) is 0 Å². The SMILES string of the molecule is COc1c(CCl)cc(Cl)cc1S(=O)(=O)N(C)CC(F)(F)F. The highest BCUT2D eigenvalue weighted by Crippen LogP contribution is 2.34. The fourth-order valence-corrected chi connectivity index (χ4v) is 3.53. The molecule has 0 spiro atoms. The van der Waals surface area contributed by atoms with E-state index in [0.29, 0.717) is 0 Å². The lowest BCUT2D eigenvalue weighted by atomic mass is 10.2. The average molecular weight is 366 g/mol. The van der Waals surface area contributed by atoms with Crippen molar-refractivity contribution in [3.8, 4) is 5.75 Å². The number of hydrogen-bond acceptors (Lipinski definition) is 3. The third-order valence-corrected chi connectivity index (χ3v) is 4.85. The minimum Gasteiger partial charge on any atom is -0.495 e. The molecular formula is C11H12Cl2F3NO3S. The Morgan fingerprint density at radius 1 is 1.33 bits per heavy atom. The number of hydrogen-bond donors (Lipinski definition) is 0. The van der Waals surface area contributed by atoms with Crippen molar-refractivity contribution in [1.82, 2.24) is 4.31 Å². The lowest BCUT2D eigenvalue weighted by Gasteiger charge is -2.21. The highest BCUT2D eigenvalue weighted by molar-refractivity contribution is 7.89. The second kappa shape index (κ2) is 6.60. The largest absolute Gasteiger partial charge is 0.495 e. The molecule has 0 bridgehead atoms. The molecule has 0 unspecified atom stereocenters. The first-order chi connectivity index (χ1) is 9.52. The van der Waals surface area contributed by atoms with Gasteiger partial charge in [0, 0.05) is 17.6 Å². The van der Waals surface area contributed by atoms with Gasteiger partial charge in [-0.1, -0.05) is 11.6 Å². The summed E-state index contributed by atoms with van der Waals surface area (Å²) in [6.07, 6.45) is -4.66. The van der Waals surface area contributed by atoms with Crippen LogP contribution in [-0.4, -0.2) is 39.6 Å². The van der Waals surface area contributed by atoms with Gasteiger partial charge in [0.2, 0.25) is 10.0 Å². The highest BCUT2D eigenvalue weighted by Gasteiger charge is 2.36. The summed E-state index contributed by atoms with van der Waals surface area (Å²) in [6.45, 7) is -1.62. The van der Waals surface area contributed by atoms with Gasteiger partial charge >= 0.3 is 6.18 Å². The van der Waals surface area contributed by atoms with Gasteiger partial charge in [0.05, 0.1) is 13.0 Å². The van der Waals surface area contributed by atoms with E-state index in [-0.39, 0.29) is 26.5 Å². The zero-order chi connectivity index (χ0) is 16.4. The zero-order valence-electron chi connectivity index (χ0n) is 11.0. The molecule has 120 valence electrons. The molecule has 0 aromatic heterocycles. The first kappa shape index (κ1) is 18.3. The highest BCUT2D eigenvalue weighted by atomic mass is 35.5. The summed E-state index contributed by atoms with van der Waals surface area (Å²) >= 11 is 11.4. The Balaban J connectivity index is 3.40. The quantitative estimate of drug-likeness (QED) is 0.752. The molecule has 0 radical (unpaired) electrons. The normalized spacial score (nSPS) is 12.8. The second-order valence-corrected chi connectivity index (χ2v) is 6.82. The minimum absolute atomic E-state index is 0.0328. The van der Waals surface area contributed by atoms with E-state index >= 15 is 0 Å². The van der Waals surface area contributed by atoms with Gasteiger partial charge in [0.15, 0.2) is 0 Å². The zero-order valence-corrected chi connectivity index (χ0v) is 13.4. The van der Waals surface area contributed by atoms with Crippen molar-refractivity contribution in [1.29, 1.82) is 0 Å². The molecule has 0 heterocycles. The van der Waals surface area contributed by atoms with E-state index < -0.39 is 27.6 Å². The van der Waals surface area contributed by atoms with Crippen molar-refractivity contribution in [3.05, 3.63) is 22.7 Å². The van der Waals surface area contributed by atoms with Gasteiger partial charge in [0.1, 0.15) is 17.2 Å². The molecule has 0 aliphatic heterocycles. The van der Waals surface area contributed by atoms with E-state index in [1.54, 1.807) is 0 Å². The van der Waals surface area contributed by atoms with Crippen molar-refractivity contribution in [2.24, 2.45) is 0 Å². The number of methoxy groups -OCH3 is 1. The van der Waals surface area contributed by atoms with Gasteiger partial charge in [0.25, 0.3) is 0 Å². The van der Waals surface area contributed by atoms with Gasteiger partial charge in [-0.05, 0) is 12.1 Å². The molecule has 1 aromatic carbocycles. The standard InChI is InChI=1S/C11H12Cl2F3NO3S/c1-17(6-11(14,15)16)21(18,19)9-4-8(13)3-7(5-12)10(9)20-2/h3-4H,5-6H2,1-2H3. The second-order valence-electron chi connectivity index (χ2n) is 4.11. The Morgan fingerprint density at radius 3 is 2.33 bits per heavy atom. The molecule has 21 heavy (non-hydrogen) atoms. The Hall–Kier alpha value is -0.700. The predicted octanol–water partition coefficient (Wildman–Crippen LogP) is 3.27. The lowest BCUT2D eigenvalue weighted by molar-refractivity contribution is -0.134. The van der Waals surface area contributed by atoms with Gasteiger partial charge in [-0.3, -0.25) is 0 Å². The van der Waals surface area contributed by atoms with E-state index in [0.717, 1.165) is 13.1 Å². The van der Waals surface area contributed by atoms with Crippen molar-refractivity contribution >= 4 is 33.2 Å². The van der Waals surface area contributed by atoms with E-state index in [1.165, 1.54) is 13.2 Å². The Bertz CT molecular complexity index is 620. The molecule has 1 aromatic rings. The van der Waals surface area contributed by atoms with E-state index in [1.807, 2.05) is 0 Å².